The van der Waals surface area contributed by atoms with Crippen LogP contribution in [0.25, 0.3) is 0 Å². The second kappa shape index (κ2) is 5.38. The molecule has 1 saturated heterocycles. The average Bonchev–Trinajstić information content (AvgIpc) is 2.94. The van der Waals surface area contributed by atoms with Gasteiger partial charge in [0.1, 0.15) is 5.76 Å². The maximum Gasteiger partial charge on any atom is 0.317 e. The highest BCUT2D eigenvalue weighted by Gasteiger charge is 2.42. The molecule has 2 rings (SSSR count). The third-order valence-corrected chi connectivity index (χ3v) is 4.14. The Hall–Kier alpha value is -2.05. The first-order valence-corrected chi connectivity index (χ1v) is 6.96. The minimum Gasteiger partial charge on any atom is -0.481 e. The molecule has 7 heteroatoms. The number of urea groups is 1. The molecule has 1 aromatic heterocycles. The van der Waals surface area contributed by atoms with Crippen molar-refractivity contribution in [3.05, 3.63) is 17.0 Å². The number of aromatic nitrogens is 1. The smallest absolute Gasteiger partial charge is 0.317 e. The number of carbonyl (C=O) groups is 2. The van der Waals surface area contributed by atoms with Crippen LogP contribution in [-0.2, 0) is 4.79 Å². The number of nitrogens with one attached hydrogen (secondary N) is 1. The fourth-order valence-electron chi connectivity index (χ4n) is 2.77. The maximum absolute atomic E-state index is 12.3. The van der Waals surface area contributed by atoms with Crippen molar-refractivity contribution in [2.75, 3.05) is 13.1 Å². The molecular formula is C14H21N3O4. The van der Waals surface area contributed by atoms with Gasteiger partial charge in [-0.3, -0.25) is 4.79 Å². The molecule has 2 heterocycles. The van der Waals surface area contributed by atoms with Gasteiger partial charge in [0.05, 0.1) is 17.2 Å². The number of amides is 2. The molecule has 2 amide bonds. The molecule has 0 saturated carbocycles. The second-order valence-electron chi connectivity index (χ2n) is 5.95. The Morgan fingerprint density at radius 1 is 1.48 bits per heavy atom. The van der Waals surface area contributed by atoms with Crippen LogP contribution in [0.5, 0.6) is 0 Å². The van der Waals surface area contributed by atoms with Crippen LogP contribution in [0, 0.1) is 19.3 Å². The molecule has 7 nitrogen and oxygen atoms in total. The zero-order valence-electron chi connectivity index (χ0n) is 12.8. The number of hydrogen-bond acceptors (Lipinski definition) is 4. The second-order valence-corrected chi connectivity index (χ2v) is 5.95. The highest BCUT2D eigenvalue weighted by molar-refractivity contribution is 5.79. The number of nitrogens with zero attached hydrogens (tertiary/aromatic N) is 2. The van der Waals surface area contributed by atoms with E-state index in [1.54, 1.807) is 18.7 Å². The molecule has 2 N–H and O–H groups in total. The summed E-state index contributed by atoms with van der Waals surface area (Å²) in [4.78, 5) is 25.0. The van der Waals surface area contributed by atoms with E-state index in [0.717, 1.165) is 11.3 Å². The fourth-order valence-corrected chi connectivity index (χ4v) is 2.77. The number of rotatable bonds is 3. The Morgan fingerprint density at radius 2 is 2.14 bits per heavy atom. The van der Waals surface area contributed by atoms with Crippen LogP contribution in [-0.4, -0.2) is 40.3 Å². The van der Waals surface area contributed by atoms with E-state index in [1.165, 1.54) is 0 Å². The Bertz CT molecular complexity index is 549. The van der Waals surface area contributed by atoms with Crippen molar-refractivity contribution < 1.29 is 19.2 Å². The largest absolute Gasteiger partial charge is 0.481 e. The van der Waals surface area contributed by atoms with E-state index in [2.05, 4.69) is 10.5 Å². The van der Waals surface area contributed by atoms with Gasteiger partial charge in [-0.05, 0) is 34.1 Å². The Morgan fingerprint density at radius 3 is 2.62 bits per heavy atom. The van der Waals surface area contributed by atoms with Crippen LogP contribution >= 0.6 is 0 Å². The minimum atomic E-state index is -0.864. The number of carboxylic acid groups (broad SMARTS) is 1. The van der Waals surface area contributed by atoms with E-state index in [4.69, 9.17) is 4.52 Å². The Balaban J connectivity index is 2.01. The van der Waals surface area contributed by atoms with Crippen molar-refractivity contribution in [1.29, 1.82) is 0 Å². The number of carbonyl (C=O) groups excluding carboxylic acids is 1. The van der Waals surface area contributed by atoms with Gasteiger partial charge in [0.15, 0.2) is 0 Å². The Kier molecular flexibility index (Phi) is 3.93. The van der Waals surface area contributed by atoms with Gasteiger partial charge in [-0.15, -0.1) is 0 Å². The number of aliphatic carboxylic acids is 1. The van der Waals surface area contributed by atoms with Crippen LogP contribution in [0.4, 0.5) is 4.79 Å². The molecule has 0 aromatic carbocycles. The molecule has 1 aliphatic heterocycles. The molecule has 116 valence electrons. The quantitative estimate of drug-likeness (QED) is 0.887. The number of aryl methyl sites for hydroxylation is 2. The van der Waals surface area contributed by atoms with Gasteiger partial charge in [0.2, 0.25) is 0 Å². The van der Waals surface area contributed by atoms with E-state index < -0.39 is 11.4 Å². The Labute approximate surface area is 123 Å². The molecule has 1 aliphatic rings. The average molecular weight is 295 g/mol. The normalized spacial score (nSPS) is 23.1. The van der Waals surface area contributed by atoms with Gasteiger partial charge < -0.3 is 19.8 Å². The molecule has 0 spiro atoms. The summed E-state index contributed by atoms with van der Waals surface area (Å²) in [6, 6.07) is -0.493. The fraction of sp³-hybridized carbons (Fsp3) is 0.643. The van der Waals surface area contributed by atoms with Crippen molar-refractivity contribution in [2.45, 2.75) is 40.2 Å². The van der Waals surface area contributed by atoms with E-state index in [1.807, 2.05) is 13.8 Å². The molecule has 0 bridgehead atoms. The van der Waals surface area contributed by atoms with Crippen LogP contribution in [0.15, 0.2) is 4.52 Å². The summed E-state index contributed by atoms with van der Waals surface area (Å²) in [5.74, 6) is -0.186. The van der Waals surface area contributed by atoms with Crippen molar-refractivity contribution in [3.63, 3.8) is 0 Å². The van der Waals surface area contributed by atoms with E-state index in [0.29, 0.717) is 18.7 Å². The van der Waals surface area contributed by atoms with Gasteiger partial charge >= 0.3 is 12.0 Å². The monoisotopic (exact) mass is 295 g/mol. The van der Waals surface area contributed by atoms with Gasteiger partial charge in [0.25, 0.3) is 0 Å². The number of hydrogen-bond donors (Lipinski definition) is 2. The van der Waals surface area contributed by atoms with Crippen LogP contribution in [0.3, 0.4) is 0 Å². The zero-order chi connectivity index (χ0) is 15.8. The zero-order valence-corrected chi connectivity index (χ0v) is 12.8. The topological polar surface area (TPSA) is 95.7 Å². The third kappa shape index (κ3) is 2.86. The first kappa shape index (κ1) is 15.3. The van der Waals surface area contributed by atoms with E-state index in [9.17, 15) is 14.7 Å². The van der Waals surface area contributed by atoms with Gasteiger partial charge in [-0.25, -0.2) is 4.79 Å². The minimum absolute atomic E-state index is 0.225. The van der Waals surface area contributed by atoms with Crippen LogP contribution in [0.1, 0.15) is 43.3 Å². The standard InChI is InChI=1S/C14H21N3O4/c1-8(11-9(2)16-21-10(11)3)15-13(20)17-6-5-14(4,7-17)12(18)19/h8H,5-7H2,1-4H3,(H,15,20)(H,18,19). The summed E-state index contributed by atoms with van der Waals surface area (Å²) in [6.07, 6.45) is 0.468. The molecule has 0 aliphatic carbocycles. The van der Waals surface area contributed by atoms with Crippen molar-refractivity contribution in [3.8, 4) is 0 Å². The highest BCUT2D eigenvalue weighted by Crippen LogP contribution is 2.30. The molecule has 0 radical (unpaired) electrons. The summed E-state index contributed by atoms with van der Waals surface area (Å²) in [5.41, 5.74) is 0.754. The van der Waals surface area contributed by atoms with Crippen molar-refractivity contribution in [1.82, 2.24) is 15.4 Å². The lowest BCUT2D eigenvalue weighted by Crippen LogP contribution is -2.41. The molecule has 2 atom stereocenters. The van der Waals surface area contributed by atoms with Crippen molar-refractivity contribution >= 4 is 12.0 Å². The van der Waals surface area contributed by atoms with Crippen molar-refractivity contribution in [2.24, 2.45) is 5.41 Å². The van der Waals surface area contributed by atoms with Gasteiger partial charge in [-0.1, -0.05) is 5.16 Å². The molecule has 2 unspecified atom stereocenters. The van der Waals surface area contributed by atoms with E-state index in [-0.39, 0.29) is 18.6 Å². The SMILES string of the molecule is Cc1noc(C)c1C(C)NC(=O)N1CCC(C)(C(=O)O)C1. The first-order valence-electron chi connectivity index (χ1n) is 6.96. The van der Waals surface area contributed by atoms with Gasteiger partial charge in [0, 0.05) is 18.7 Å². The number of carboxylic acids is 1. The summed E-state index contributed by atoms with van der Waals surface area (Å²) >= 11 is 0. The van der Waals surface area contributed by atoms with Crippen LogP contribution in [0.2, 0.25) is 0 Å². The third-order valence-electron chi connectivity index (χ3n) is 4.14. The van der Waals surface area contributed by atoms with Crippen LogP contribution < -0.4 is 5.32 Å². The number of likely N-dealkylation sites (tertiary alicyclic amines) is 1. The van der Waals surface area contributed by atoms with Gasteiger partial charge in [-0.2, -0.15) is 0 Å². The summed E-state index contributed by atoms with van der Waals surface area (Å²) < 4.78 is 5.10. The lowest BCUT2D eigenvalue weighted by molar-refractivity contribution is -0.146. The molecular weight excluding hydrogens is 274 g/mol. The molecule has 21 heavy (non-hydrogen) atoms. The first-order chi connectivity index (χ1) is 9.74. The molecule has 1 fully saturated rings. The summed E-state index contributed by atoms with van der Waals surface area (Å²) in [6.45, 7) is 7.82. The predicted molar refractivity (Wildman–Crippen MR) is 74.9 cm³/mol. The maximum atomic E-state index is 12.3. The summed E-state index contributed by atoms with van der Waals surface area (Å²) in [5, 5.41) is 15.9. The lowest BCUT2D eigenvalue weighted by Gasteiger charge is -2.22. The predicted octanol–water partition coefficient (Wildman–Crippen LogP) is 1.86. The van der Waals surface area contributed by atoms with E-state index >= 15 is 0 Å². The lowest BCUT2D eigenvalue weighted by atomic mass is 9.90. The molecule has 1 aromatic rings. The highest BCUT2D eigenvalue weighted by atomic mass is 16.5. The summed E-state index contributed by atoms with van der Waals surface area (Å²) in [7, 11) is 0.